The van der Waals surface area contributed by atoms with Crippen molar-refractivity contribution in [2.75, 3.05) is 6.54 Å². The molecule has 0 aliphatic carbocycles. The maximum Gasteiger partial charge on any atom is 0.471 e. The number of halogens is 4. The molecule has 22 heavy (non-hydrogen) atoms. The lowest BCUT2D eigenvalue weighted by atomic mass is 9.98. The number of carboxylic acids is 1. The second-order valence-electron chi connectivity index (χ2n) is 4.99. The molecule has 0 aliphatic rings. The molecule has 1 unspecified atom stereocenters. The lowest BCUT2D eigenvalue weighted by molar-refractivity contribution is -0.187. The summed E-state index contributed by atoms with van der Waals surface area (Å²) in [5.41, 5.74) is 0.275. The number of nitrogens with zero attached hydrogens (tertiary/aromatic N) is 1. The van der Waals surface area contributed by atoms with Gasteiger partial charge in [0.2, 0.25) is 0 Å². The van der Waals surface area contributed by atoms with E-state index in [-0.39, 0.29) is 5.56 Å². The number of carbonyl (C=O) groups is 2. The van der Waals surface area contributed by atoms with E-state index in [0.717, 1.165) is 0 Å². The molecule has 1 aromatic rings. The first kappa shape index (κ1) is 18.3. The fraction of sp³-hybridized carbons (Fsp3) is 0.429. The third-order valence-corrected chi connectivity index (χ3v) is 3.33. The third-order valence-electron chi connectivity index (χ3n) is 3.08. The zero-order valence-electron chi connectivity index (χ0n) is 11.9. The van der Waals surface area contributed by atoms with E-state index in [1.807, 2.05) is 0 Å². The Bertz CT molecular complexity index is 543. The molecule has 0 radical (unpaired) electrons. The lowest BCUT2D eigenvalue weighted by Crippen LogP contribution is -2.47. The zero-order chi connectivity index (χ0) is 17.1. The molecule has 0 aromatic heterocycles. The summed E-state index contributed by atoms with van der Waals surface area (Å²) in [4.78, 5) is 23.3. The number of rotatable bonds is 5. The highest BCUT2D eigenvalue weighted by Crippen LogP contribution is 2.25. The van der Waals surface area contributed by atoms with Crippen LogP contribution >= 0.6 is 11.6 Å². The summed E-state index contributed by atoms with van der Waals surface area (Å²) in [6.45, 7) is 2.21. The van der Waals surface area contributed by atoms with Gasteiger partial charge in [-0.1, -0.05) is 23.7 Å². The van der Waals surface area contributed by atoms with Gasteiger partial charge in [0.1, 0.15) is 0 Å². The van der Waals surface area contributed by atoms with Crippen LogP contribution in [0.25, 0.3) is 0 Å². The molecule has 0 saturated carbocycles. The van der Waals surface area contributed by atoms with Crippen molar-refractivity contribution in [1.29, 1.82) is 0 Å². The van der Waals surface area contributed by atoms with Crippen LogP contribution in [0.2, 0.25) is 5.02 Å². The molecule has 0 heterocycles. The normalized spacial score (nSPS) is 13.0. The highest BCUT2D eigenvalue weighted by molar-refractivity contribution is 6.30. The van der Waals surface area contributed by atoms with Crippen molar-refractivity contribution in [3.05, 3.63) is 34.9 Å². The van der Waals surface area contributed by atoms with Crippen molar-refractivity contribution in [2.24, 2.45) is 0 Å². The van der Waals surface area contributed by atoms with Crippen molar-refractivity contribution in [3.8, 4) is 0 Å². The topological polar surface area (TPSA) is 57.6 Å². The minimum Gasteiger partial charge on any atom is -0.481 e. The van der Waals surface area contributed by atoms with Crippen molar-refractivity contribution < 1.29 is 27.9 Å². The Hall–Kier alpha value is -1.76. The minimum atomic E-state index is -5.05. The van der Waals surface area contributed by atoms with Crippen LogP contribution in [-0.4, -0.2) is 40.6 Å². The smallest absolute Gasteiger partial charge is 0.471 e. The van der Waals surface area contributed by atoms with E-state index in [1.54, 1.807) is 0 Å². The van der Waals surface area contributed by atoms with E-state index in [0.29, 0.717) is 9.92 Å². The van der Waals surface area contributed by atoms with Gasteiger partial charge in [-0.15, -0.1) is 0 Å². The molecule has 1 amide bonds. The quantitative estimate of drug-likeness (QED) is 0.896. The van der Waals surface area contributed by atoms with E-state index in [4.69, 9.17) is 11.6 Å². The number of carbonyl (C=O) groups excluding carboxylic acids is 1. The molecule has 0 fully saturated rings. The van der Waals surface area contributed by atoms with Gasteiger partial charge < -0.3 is 10.0 Å². The van der Waals surface area contributed by atoms with E-state index >= 15 is 0 Å². The lowest BCUT2D eigenvalue weighted by Gasteiger charge is -2.30. The molecule has 0 spiro atoms. The van der Waals surface area contributed by atoms with Crippen LogP contribution in [0.5, 0.6) is 0 Å². The van der Waals surface area contributed by atoms with Gasteiger partial charge in [0.15, 0.2) is 0 Å². The van der Waals surface area contributed by atoms with Gasteiger partial charge in [-0.25, -0.2) is 0 Å². The first-order valence-corrected chi connectivity index (χ1v) is 6.78. The van der Waals surface area contributed by atoms with Crippen LogP contribution < -0.4 is 0 Å². The van der Waals surface area contributed by atoms with Crippen LogP contribution in [0.15, 0.2) is 24.3 Å². The van der Waals surface area contributed by atoms with Crippen LogP contribution in [0.1, 0.15) is 25.3 Å². The number of amides is 1. The molecule has 8 heteroatoms. The van der Waals surface area contributed by atoms with Crippen molar-refractivity contribution in [1.82, 2.24) is 4.90 Å². The summed E-state index contributed by atoms with van der Waals surface area (Å²) in [5, 5.41) is 9.63. The van der Waals surface area contributed by atoms with Gasteiger partial charge in [-0.05, 0) is 31.5 Å². The van der Waals surface area contributed by atoms with Crippen LogP contribution in [0, 0.1) is 0 Å². The van der Waals surface area contributed by atoms with Crippen LogP contribution in [0.3, 0.4) is 0 Å². The largest absolute Gasteiger partial charge is 0.481 e. The third kappa shape index (κ3) is 4.62. The highest BCUT2D eigenvalue weighted by atomic mass is 35.5. The molecule has 1 aromatic carbocycles. The van der Waals surface area contributed by atoms with Gasteiger partial charge in [-0.2, -0.15) is 13.2 Å². The molecule has 1 atom stereocenters. The fourth-order valence-corrected chi connectivity index (χ4v) is 2.03. The minimum absolute atomic E-state index is 0.275. The van der Waals surface area contributed by atoms with E-state index in [9.17, 15) is 27.9 Å². The van der Waals surface area contributed by atoms with Gasteiger partial charge in [0.05, 0.1) is 5.92 Å². The molecule has 4 nitrogen and oxygen atoms in total. The van der Waals surface area contributed by atoms with E-state index in [1.165, 1.54) is 38.1 Å². The molecule has 1 rings (SSSR count). The summed E-state index contributed by atoms with van der Waals surface area (Å²) >= 11 is 5.70. The highest BCUT2D eigenvalue weighted by Gasteiger charge is 2.44. The number of alkyl halides is 3. The number of benzene rings is 1. The monoisotopic (exact) mass is 337 g/mol. The zero-order valence-corrected chi connectivity index (χ0v) is 12.6. The Morgan fingerprint density at radius 2 is 1.73 bits per heavy atom. The molecule has 1 N–H and O–H groups in total. The van der Waals surface area contributed by atoms with E-state index < -0.39 is 36.6 Å². The van der Waals surface area contributed by atoms with Crippen molar-refractivity contribution >= 4 is 23.5 Å². The summed E-state index contributed by atoms with van der Waals surface area (Å²) in [6, 6.07) is 4.93. The molecule has 122 valence electrons. The Morgan fingerprint density at radius 1 is 1.23 bits per heavy atom. The Labute approximate surface area is 130 Å². The first-order valence-electron chi connectivity index (χ1n) is 6.40. The van der Waals surface area contributed by atoms with Crippen LogP contribution in [0.4, 0.5) is 13.2 Å². The van der Waals surface area contributed by atoms with Gasteiger partial charge >= 0.3 is 18.1 Å². The summed E-state index contributed by atoms with van der Waals surface area (Å²) in [6.07, 6.45) is -5.05. The standard InChI is InChI=1S/C14H15ClF3NO3/c1-8(2)19(13(22)14(16,17)18)7-11(12(20)21)9-3-5-10(15)6-4-9/h3-6,8,11H,7H2,1-2H3,(H,20,21). The van der Waals surface area contributed by atoms with Gasteiger partial charge in [0, 0.05) is 17.6 Å². The van der Waals surface area contributed by atoms with Gasteiger partial charge in [0.25, 0.3) is 0 Å². The summed E-state index contributed by atoms with van der Waals surface area (Å²) < 4.78 is 37.8. The van der Waals surface area contributed by atoms with Crippen molar-refractivity contribution in [2.45, 2.75) is 32.0 Å². The molecular weight excluding hydrogens is 323 g/mol. The first-order chi connectivity index (χ1) is 10.0. The average molecular weight is 338 g/mol. The second-order valence-corrected chi connectivity index (χ2v) is 5.43. The average Bonchev–Trinajstić information content (AvgIpc) is 2.38. The maximum absolute atomic E-state index is 12.6. The Kier molecular flexibility index (Phi) is 5.82. The Morgan fingerprint density at radius 3 is 2.09 bits per heavy atom. The number of hydrogen-bond donors (Lipinski definition) is 1. The fourth-order valence-electron chi connectivity index (χ4n) is 1.91. The van der Waals surface area contributed by atoms with Crippen molar-refractivity contribution in [3.63, 3.8) is 0 Å². The molecule has 0 bridgehead atoms. The molecule has 0 aliphatic heterocycles. The predicted molar refractivity (Wildman–Crippen MR) is 74.7 cm³/mol. The number of carboxylic acid groups (broad SMARTS) is 1. The number of hydrogen-bond acceptors (Lipinski definition) is 2. The summed E-state index contributed by atoms with van der Waals surface area (Å²) in [5.74, 6) is -4.64. The van der Waals surface area contributed by atoms with E-state index in [2.05, 4.69) is 0 Å². The number of aliphatic carboxylic acids is 1. The predicted octanol–water partition coefficient (Wildman–Crippen LogP) is 3.31. The molecular formula is C14H15ClF3NO3. The van der Waals surface area contributed by atoms with Crippen LogP contribution in [-0.2, 0) is 9.59 Å². The molecule has 0 saturated heterocycles. The second kappa shape index (κ2) is 7.00. The SMILES string of the molecule is CC(C)N(CC(C(=O)O)c1ccc(Cl)cc1)C(=O)C(F)(F)F. The summed E-state index contributed by atoms with van der Waals surface area (Å²) in [7, 11) is 0. The van der Waals surface area contributed by atoms with Gasteiger partial charge in [-0.3, -0.25) is 9.59 Å². The maximum atomic E-state index is 12.6. The Balaban J connectivity index is 3.08.